The molecule has 1 aromatic rings. The van der Waals surface area contributed by atoms with Gasteiger partial charge in [-0.15, -0.1) is 0 Å². The number of nitrogens with two attached hydrogens (primary N) is 1. The van der Waals surface area contributed by atoms with E-state index in [-0.39, 0.29) is 11.9 Å². The Kier molecular flexibility index (Phi) is 3.79. The van der Waals surface area contributed by atoms with Gasteiger partial charge in [0.2, 0.25) is 0 Å². The third-order valence-electron chi connectivity index (χ3n) is 3.90. The van der Waals surface area contributed by atoms with E-state index in [4.69, 9.17) is 5.73 Å². The summed E-state index contributed by atoms with van der Waals surface area (Å²) in [5.41, 5.74) is 7.12. The second kappa shape index (κ2) is 5.15. The average Bonchev–Trinajstić information content (AvgIpc) is 2.78. The van der Waals surface area contributed by atoms with E-state index in [0.29, 0.717) is 12.0 Å². The molecule has 1 aliphatic rings. The van der Waals surface area contributed by atoms with Gasteiger partial charge in [0, 0.05) is 18.6 Å². The quantitative estimate of drug-likeness (QED) is 0.874. The van der Waals surface area contributed by atoms with Gasteiger partial charge in [-0.2, -0.15) is 0 Å². The summed E-state index contributed by atoms with van der Waals surface area (Å²) in [6.45, 7) is 6.40. The lowest BCUT2D eigenvalue weighted by Gasteiger charge is -2.25. The van der Waals surface area contributed by atoms with E-state index in [0.717, 1.165) is 13.1 Å². The first-order valence-electron chi connectivity index (χ1n) is 6.33. The van der Waals surface area contributed by atoms with Crippen LogP contribution in [0.5, 0.6) is 0 Å². The van der Waals surface area contributed by atoms with Gasteiger partial charge in [0.1, 0.15) is 5.82 Å². The van der Waals surface area contributed by atoms with Gasteiger partial charge in [0.25, 0.3) is 0 Å². The number of hydrogen-bond acceptors (Lipinski definition) is 2. The van der Waals surface area contributed by atoms with Crippen LogP contribution in [0.2, 0.25) is 0 Å². The van der Waals surface area contributed by atoms with Crippen LogP contribution in [0, 0.1) is 11.7 Å². The lowest BCUT2D eigenvalue weighted by atomic mass is 10.0. The molecule has 0 saturated carbocycles. The zero-order valence-corrected chi connectivity index (χ0v) is 10.6. The minimum Gasteiger partial charge on any atom is -0.328 e. The van der Waals surface area contributed by atoms with Crippen molar-refractivity contribution in [3.8, 4) is 0 Å². The molecule has 3 atom stereocenters. The molecule has 1 aromatic carbocycles. The summed E-state index contributed by atoms with van der Waals surface area (Å²) < 4.78 is 12.9. The Labute approximate surface area is 103 Å². The molecule has 2 N–H and O–H groups in total. The van der Waals surface area contributed by atoms with Crippen LogP contribution < -0.4 is 5.73 Å². The zero-order chi connectivity index (χ0) is 12.4. The number of likely N-dealkylation sites (tertiary alicyclic amines) is 1. The van der Waals surface area contributed by atoms with Crippen LogP contribution in [-0.2, 0) is 0 Å². The van der Waals surface area contributed by atoms with Gasteiger partial charge < -0.3 is 5.73 Å². The van der Waals surface area contributed by atoms with Crippen LogP contribution in [0.25, 0.3) is 0 Å². The van der Waals surface area contributed by atoms with Crippen LogP contribution in [0.1, 0.15) is 31.9 Å². The molecule has 0 bridgehead atoms. The Balaban J connectivity index is 2.01. The molecule has 3 unspecified atom stereocenters. The van der Waals surface area contributed by atoms with Gasteiger partial charge in [0.05, 0.1) is 0 Å². The summed E-state index contributed by atoms with van der Waals surface area (Å²) >= 11 is 0. The van der Waals surface area contributed by atoms with Crippen LogP contribution in [0.4, 0.5) is 4.39 Å². The topological polar surface area (TPSA) is 29.3 Å². The maximum Gasteiger partial charge on any atom is 0.123 e. The van der Waals surface area contributed by atoms with Gasteiger partial charge >= 0.3 is 0 Å². The van der Waals surface area contributed by atoms with Gasteiger partial charge in [-0.05, 0) is 50.4 Å². The van der Waals surface area contributed by atoms with Crippen LogP contribution >= 0.6 is 0 Å². The Morgan fingerprint density at radius 2 is 1.94 bits per heavy atom. The second-order valence-corrected chi connectivity index (χ2v) is 5.13. The van der Waals surface area contributed by atoms with Crippen LogP contribution in [-0.4, -0.2) is 24.0 Å². The molecule has 1 fully saturated rings. The average molecular weight is 236 g/mol. The highest BCUT2D eigenvalue weighted by atomic mass is 19.1. The van der Waals surface area contributed by atoms with Gasteiger partial charge in [0.15, 0.2) is 0 Å². The fourth-order valence-electron chi connectivity index (χ4n) is 2.55. The van der Waals surface area contributed by atoms with Crippen LogP contribution in [0.3, 0.4) is 0 Å². The normalized spacial score (nSPS) is 24.8. The van der Waals surface area contributed by atoms with E-state index in [1.54, 1.807) is 0 Å². The standard InChI is InChI=1S/C14H21FN2/c1-10(16)13-7-8-17(9-13)11(2)12-3-5-14(15)6-4-12/h3-6,10-11,13H,7-9,16H2,1-2H3. The smallest absolute Gasteiger partial charge is 0.123 e. The van der Waals surface area contributed by atoms with E-state index in [1.807, 2.05) is 12.1 Å². The molecular formula is C14H21FN2. The number of halogens is 1. The molecule has 0 aliphatic carbocycles. The highest BCUT2D eigenvalue weighted by Crippen LogP contribution is 2.28. The van der Waals surface area contributed by atoms with Crippen molar-refractivity contribution >= 4 is 0 Å². The molecule has 0 spiro atoms. The second-order valence-electron chi connectivity index (χ2n) is 5.13. The Bertz CT molecular complexity index is 361. The first-order chi connectivity index (χ1) is 8.08. The molecule has 0 aromatic heterocycles. The first kappa shape index (κ1) is 12.5. The molecule has 1 saturated heterocycles. The molecule has 2 rings (SSSR count). The molecule has 2 nitrogen and oxygen atoms in total. The predicted octanol–water partition coefficient (Wildman–Crippen LogP) is 2.56. The van der Waals surface area contributed by atoms with Crippen molar-refractivity contribution in [2.75, 3.05) is 13.1 Å². The lowest BCUT2D eigenvalue weighted by molar-refractivity contribution is 0.248. The molecule has 0 radical (unpaired) electrons. The van der Waals surface area contributed by atoms with Crippen LogP contribution in [0.15, 0.2) is 24.3 Å². The van der Waals surface area contributed by atoms with Gasteiger partial charge in [-0.25, -0.2) is 4.39 Å². The Hall–Kier alpha value is -0.930. The number of rotatable bonds is 3. The molecule has 17 heavy (non-hydrogen) atoms. The monoisotopic (exact) mass is 236 g/mol. The summed E-state index contributed by atoms with van der Waals surface area (Å²) in [5.74, 6) is 0.425. The maximum absolute atomic E-state index is 12.9. The number of hydrogen-bond donors (Lipinski definition) is 1. The summed E-state index contributed by atoms with van der Waals surface area (Å²) in [5, 5.41) is 0. The molecule has 1 aliphatic heterocycles. The van der Waals surface area contributed by atoms with Crippen molar-refractivity contribution in [1.82, 2.24) is 4.90 Å². The Morgan fingerprint density at radius 3 is 2.47 bits per heavy atom. The molecule has 1 heterocycles. The fraction of sp³-hybridized carbons (Fsp3) is 0.571. The summed E-state index contributed by atoms with van der Waals surface area (Å²) in [7, 11) is 0. The lowest BCUT2D eigenvalue weighted by Crippen LogP contribution is -2.30. The summed E-state index contributed by atoms with van der Waals surface area (Å²) in [4.78, 5) is 2.43. The Morgan fingerprint density at radius 1 is 1.29 bits per heavy atom. The third kappa shape index (κ3) is 2.85. The van der Waals surface area contributed by atoms with Crippen molar-refractivity contribution < 1.29 is 4.39 Å². The largest absolute Gasteiger partial charge is 0.328 e. The zero-order valence-electron chi connectivity index (χ0n) is 10.6. The van der Waals surface area contributed by atoms with Crippen molar-refractivity contribution in [3.05, 3.63) is 35.6 Å². The number of benzene rings is 1. The van der Waals surface area contributed by atoms with Crippen molar-refractivity contribution in [3.63, 3.8) is 0 Å². The minimum atomic E-state index is -0.171. The third-order valence-corrected chi connectivity index (χ3v) is 3.90. The SMILES string of the molecule is CC(N)C1CCN(C(C)c2ccc(F)cc2)C1. The van der Waals surface area contributed by atoms with Crippen molar-refractivity contribution in [2.24, 2.45) is 11.7 Å². The molecular weight excluding hydrogens is 215 g/mol. The van der Waals surface area contributed by atoms with Gasteiger partial charge in [-0.1, -0.05) is 12.1 Å². The fourth-order valence-corrected chi connectivity index (χ4v) is 2.55. The van der Waals surface area contributed by atoms with E-state index in [2.05, 4.69) is 18.7 Å². The molecule has 94 valence electrons. The minimum absolute atomic E-state index is 0.171. The van der Waals surface area contributed by atoms with E-state index in [1.165, 1.54) is 24.1 Å². The maximum atomic E-state index is 12.9. The van der Waals surface area contributed by atoms with Crippen molar-refractivity contribution in [1.29, 1.82) is 0 Å². The van der Waals surface area contributed by atoms with E-state index in [9.17, 15) is 4.39 Å². The first-order valence-corrected chi connectivity index (χ1v) is 6.33. The van der Waals surface area contributed by atoms with Gasteiger partial charge in [-0.3, -0.25) is 4.90 Å². The predicted molar refractivity (Wildman–Crippen MR) is 68.1 cm³/mol. The number of nitrogens with zero attached hydrogens (tertiary/aromatic N) is 1. The highest BCUT2D eigenvalue weighted by molar-refractivity contribution is 5.19. The molecule has 3 heteroatoms. The highest BCUT2D eigenvalue weighted by Gasteiger charge is 2.28. The summed E-state index contributed by atoms with van der Waals surface area (Å²) in [6.07, 6.45) is 1.17. The molecule has 0 amide bonds. The van der Waals surface area contributed by atoms with E-state index >= 15 is 0 Å². The summed E-state index contributed by atoms with van der Waals surface area (Å²) in [6, 6.07) is 7.42. The van der Waals surface area contributed by atoms with Crippen molar-refractivity contribution in [2.45, 2.75) is 32.4 Å². The van der Waals surface area contributed by atoms with E-state index < -0.39 is 0 Å².